The van der Waals surface area contributed by atoms with Crippen molar-refractivity contribution in [2.45, 2.75) is 38.5 Å². The van der Waals surface area contributed by atoms with Crippen LogP contribution in [0.5, 0.6) is 0 Å². The highest BCUT2D eigenvalue weighted by Crippen LogP contribution is 2.24. The summed E-state index contributed by atoms with van der Waals surface area (Å²) in [6.07, 6.45) is 8.85. The Bertz CT molecular complexity index is 319. The molecule has 0 spiro atoms. The Morgan fingerprint density at radius 1 is 0.800 bits per heavy atom. The van der Waals surface area contributed by atoms with Crippen LogP contribution in [0.4, 0.5) is 0 Å². The number of ether oxygens (including phenoxy) is 1. The zero-order valence-corrected chi connectivity index (χ0v) is 8.81. The molecule has 0 saturated carbocycles. The normalized spacial score (nSPS) is 22.1. The van der Waals surface area contributed by atoms with E-state index >= 15 is 0 Å². The third-order valence-corrected chi connectivity index (χ3v) is 2.76. The maximum Gasteiger partial charge on any atom is 0.100 e. The molecular formula is C12H16N2O. The van der Waals surface area contributed by atoms with Gasteiger partial charge in [-0.05, 0) is 25.0 Å². The second-order valence-electron chi connectivity index (χ2n) is 4.06. The second kappa shape index (κ2) is 4.43. The first kappa shape index (κ1) is 10.1. The summed E-state index contributed by atoms with van der Waals surface area (Å²) in [5.74, 6) is 2.01. The van der Waals surface area contributed by atoms with Crippen molar-refractivity contribution >= 4 is 11.4 Å². The molecule has 80 valence electrons. The van der Waals surface area contributed by atoms with Crippen LogP contribution < -0.4 is 0 Å². The van der Waals surface area contributed by atoms with E-state index in [0.717, 1.165) is 61.5 Å². The Balaban J connectivity index is 1.92. The van der Waals surface area contributed by atoms with Crippen molar-refractivity contribution in [3.05, 3.63) is 23.7 Å². The number of hydrogen-bond acceptors (Lipinski definition) is 3. The van der Waals surface area contributed by atoms with E-state index in [1.807, 2.05) is 12.2 Å². The lowest BCUT2D eigenvalue weighted by molar-refractivity contribution is 0.273. The molecule has 2 rings (SSSR count). The van der Waals surface area contributed by atoms with Crippen molar-refractivity contribution < 1.29 is 4.74 Å². The minimum absolute atomic E-state index is 0.735. The summed E-state index contributed by atoms with van der Waals surface area (Å²) in [6.45, 7) is 0. The first-order valence-corrected chi connectivity index (χ1v) is 5.42. The Hall–Kier alpha value is -1.38. The fourth-order valence-corrected chi connectivity index (χ4v) is 1.78. The van der Waals surface area contributed by atoms with Crippen LogP contribution in [0.1, 0.15) is 38.5 Å². The highest BCUT2D eigenvalue weighted by atomic mass is 16.5. The van der Waals surface area contributed by atoms with Crippen molar-refractivity contribution in [1.29, 1.82) is 10.8 Å². The van der Waals surface area contributed by atoms with Gasteiger partial charge in [-0.2, -0.15) is 0 Å². The van der Waals surface area contributed by atoms with E-state index in [2.05, 4.69) is 0 Å². The van der Waals surface area contributed by atoms with Gasteiger partial charge in [-0.3, -0.25) is 0 Å². The van der Waals surface area contributed by atoms with E-state index < -0.39 is 0 Å². The van der Waals surface area contributed by atoms with Crippen molar-refractivity contribution in [3.8, 4) is 0 Å². The van der Waals surface area contributed by atoms with E-state index in [1.165, 1.54) is 0 Å². The van der Waals surface area contributed by atoms with Gasteiger partial charge in [0.25, 0.3) is 0 Å². The Morgan fingerprint density at radius 3 is 1.60 bits per heavy atom. The Kier molecular flexibility index (Phi) is 2.99. The van der Waals surface area contributed by atoms with Gasteiger partial charge < -0.3 is 15.6 Å². The number of allylic oxidation sites excluding steroid dienone is 4. The summed E-state index contributed by atoms with van der Waals surface area (Å²) in [5.41, 5.74) is 1.59. The van der Waals surface area contributed by atoms with Crippen molar-refractivity contribution in [3.63, 3.8) is 0 Å². The summed E-state index contributed by atoms with van der Waals surface area (Å²) >= 11 is 0. The van der Waals surface area contributed by atoms with Crippen LogP contribution in [0.25, 0.3) is 0 Å². The molecule has 2 aliphatic rings. The van der Waals surface area contributed by atoms with Crippen LogP contribution in [-0.4, -0.2) is 11.4 Å². The van der Waals surface area contributed by atoms with E-state index in [-0.39, 0.29) is 0 Å². The maximum atomic E-state index is 7.48. The van der Waals surface area contributed by atoms with Gasteiger partial charge in [-0.1, -0.05) is 0 Å². The van der Waals surface area contributed by atoms with Crippen molar-refractivity contribution in [2.24, 2.45) is 0 Å². The lowest BCUT2D eigenvalue weighted by Crippen LogP contribution is -2.08. The summed E-state index contributed by atoms with van der Waals surface area (Å²) in [4.78, 5) is 0. The maximum absolute atomic E-state index is 7.48. The van der Waals surface area contributed by atoms with E-state index in [1.54, 1.807) is 0 Å². The van der Waals surface area contributed by atoms with Crippen molar-refractivity contribution in [1.82, 2.24) is 0 Å². The highest BCUT2D eigenvalue weighted by Gasteiger charge is 2.13. The third kappa shape index (κ3) is 2.78. The second-order valence-corrected chi connectivity index (χ2v) is 4.06. The van der Waals surface area contributed by atoms with Gasteiger partial charge in [-0.25, -0.2) is 0 Å². The summed E-state index contributed by atoms with van der Waals surface area (Å²) in [5, 5.41) is 15.0. The van der Waals surface area contributed by atoms with Crippen LogP contribution >= 0.6 is 0 Å². The van der Waals surface area contributed by atoms with Crippen molar-refractivity contribution in [2.75, 3.05) is 0 Å². The molecule has 0 aromatic rings. The lowest BCUT2D eigenvalue weighted by atomic mass is 10.0. The monoisotopic (exact) mass is 204 g/mol. The van der Waals surface area contributed by atoms with Gasteiger partial charge in [0.05, 0.1) is 0 Å². The third-order valence-electron chi connectivity index (χ3n) is 2.76. The van der Waals surface area contributed by atoms with E-state index in [4.69, 9.17) is 15.6 Å². The molecular weight excluding hydrogens is 188 g/mol. The molecule has 0 aromatic heterocycles. The molecule has 3 nitrogen and oxygen atoms in total. The van der Waals surface area contributed by atoms with Crippen LogP contribution in [0.3, 0.4) is 0 Å². The van der Waals surface area contributed by atoms with Gasteiger partial charge in [-0.15, -0.1) is 0 Å². The largest absolute Gasteiger partial charge is 0.467 e. The van der Waals surface area contributed by atoms with Gasteiger partial charge in [0, 0.05) is 37.1 Å². The highest BCUT2D eigenvalue weighted by molar-refractivity contribution is 5.84. The molecule has 0 atom stereocenters. The zero-order valence-electron chi connectivity index (χ0n) is 8.81. The molecule has 0 bridgehead atoms. The average molecular weight is 204 g/mol. The molecule has 0 saturated heterocycles. The number of nitrogens with one attached hydrogen (secondary N) is 2. The Labute approximate surface area is 89.8 Å². The molecule has 3 heteroatoms. The predicted molar refractivity (Wildman–Crippen MR) is 60.4 cm³/mol. The van der Waals surface area contributed by atoms with Gasteiger partial charge in [0.1, 0.15) is 11.5 Å². The predicted octanol–water partition coefficient (Wildman–Crippen LogP) is 3.18. The molecule has 2 N–H and O–H groups in total. The van der Waals surface area contributed by atoms with Gasteiger partial charge in [0.2, 0.25) is 0 Å². The summed E-state index contributed by atoms with van der Waals surface area (Å²) < 4.78 is 5.76. The standard InChI is InChI=1S/C12H16N2O/c13-9-1-5-11(6-2-9)15-12-7-3-10(14)4-8-12/h5,7,13-14H,1-4,6,8H2. The molecule has 0 fully saturated rings. The van der Waals surface area contributed by atoms with Gasteiger partial charge in [0.15, 0.2) is 0 Å². The van der Waals surface area contributed by atoms with E-state index in [9.17, 15) is 0 Å². The van der Waals surface area contributed by atoms with Crippen LogP contribution in [0.15, 0.2) is 23.7 Å². The smallest absolute Gasteiger partial charge is 0.100 e. The zero-order chi connectivity index (χ0) is 10.7. The summed E-state index contributed by atoms with van der Waals surface area (Å²) in [7, 11) is 0. The fraction of sp³-hybridized carbons (Fsp3) is 0.500. The van der Waals surface area contributed by atoms with Gasteiger partial charge >= 0.3 is 0 Å². The average Bonchev–Trinajstić information content (AvgIpc) is 2.25. The first-order valence-electron chi connectivity index (χ1n) is 5.42. The quantitative estimate of drug-likeness (QED) is 0.713. The topological polar surface area (TPSA) is 56.9 Å². The molecule has 0 aromatic carbocycles. The van der Waals surface area contributed by atoms with E-state index in [0.29, 0.717) is 0 Å². The molecule has 0 aliphatic heterocycles. The lowest BCUT2D eigenvalue weighted by Gasteiger charge is -2.19. The fourth-order valence-electron chi connectivity index (χ4n) is 1.78. The number of hydrogen-bond donors (Lipinski definition) is 2. The van der Waals surface area contributed by atoms with Crippen LogP contribution in [0, 0.1) is 10.8 Å². The molecule has 2 aliphatic carbocycles. The Morgan fingerprint density at radius 2 is 1.27 bits per heavy atom. The van der Waals surface area contributed by atoms with Crippen LogP contribution in [-0.2, 0) is 4.74 Å². The first-order chi connectivity index (χ1) is 7.24. The SMILES string of the molecule is N=C1CC=C(OC2=CCC(=N)CC2)CC1. The minimum atomic E-state index is 0.735. The minimum Gasteiger partial charge on any atom is -0.467 e. The summed E-state index contributed by atoms with van der Waals surface area (Å²) in [6, 6.07) is 0. The molecule has 15 heavy (non-hydrogen) atoms. The molecule has 0 heterocycles. The molecule has 0 radical (unpaired) electrons. The number of rotatable bonds is 2. The molecule has 0 amide bonds. The van der Waals surface area contributed by atoms with Crippen LogP contribution in [0.2, 0.25) is 0 Å². The molecule has 0 unspecified atom stereocenters.